The fraction of sp³-hybridized carbons (Fsp3) is 0.412. The van der Waals surface area contributed by atoms with Gasteiger partial charge in [-0.1, -0.05) is 32.4 Å². The Balaban J connectivity index is 2.23. The van der Waals surface area contributed by atoms with Crippen LogP contribution >= 0.6 is 0 Å². The molecule has 5 heteroatoms. The average Bonchev–Trinajstić information content (AvgIpc) is 2.52. The van der Waals surface area contributed by atoms with Crippen LogP contribution in [-0.4, -0.2) is 21.6 Å². The first-order valence-corrected chi connectivity index (χ1v) is 9.21. The van der Waals surface area contributed by atoms with Crippen molar-refractivity contribution in [2.24, 2.45) is 0 Å². The molecule has 0 spiro atoms. The van der Waals surface area contributed by atoms with Gasteiger partial charge in [-0.05, 0) is 47.9 Å². The number of fused-ring (bicyclic) bond motifs is 1. The molecule has 0 heterocycles. The molecule has 0 aliphatic rings. The van der Waals surface area contributed by atoms with Gasteiger partial charge in [0.05, 0.1) is 11.5 Å². The number of benzene rings is 2. The first-order chi connectivity index (χ1) is 10.6. The molecule has 0 saturated carbocycles. The Morgan fingerprint density at radius 1 is 1.00 bits per heavy atom. The molecule has 120 valence electrons. The monoisotopic (exact) mass is 321 g/mol. The van der Waals surface area contributed by atoms with E-state index < -0.39 is 10.0 Å². The number of nitrogens with one attached hydrogen (secondary N) is 1. The summed E-state index contributed by atoms with van der Waals surface area (Å²) in [5.41, 5.74) is 0. The van der Waals surface area contributed by atoms with Gasteiger partial charge in [0.25, 0.3) is 0 Å². The van der Waals surface area contributed by atoms with Crippen molar-refractivity contribution >= 4 is 20.8 Å². The highest BCUT2D eigenvalue weighted by Gasteiger charge is 2.13. The maximum Gasteiger partial charge on any atom is 0.240 e. The van der Waals surface area contributed by atoms with Crippen LogP contribution in [0.25, 0.3) is 10.8 Å². The standard InChI is InChI=1S/C17H23NO3S/c1-3-5-10-18-22(19,20)17-9-7-14-12-16(21-11-4-2)8-6-15(14)13-17/h6-9,12-13,18H,3-5,10-11H2,1-2H3. The normalized spacial score (nSPS) is 11.7. The van der Waals surface area contributed by atoms with Gasteiger partial charge in [0, 0.05) is 6.54 Å². The highest BCUT2D eigenvalue weighted by molar-refractivity contribution is 7.89. The van der Waals surface area contributed by atoms with Crippen molar-refractivity contribution < 1.29 is 13.2 Å². The molecule has 0 unspecified atom stereocenters. The second kappa shape index (κ2) is 7.61. The first kappa shape index (κ1) is 16.8. The van der Waals surface area contributed by atoms with Crippen molar-refractivity contribution in [2.45, 2.75) is 38.0 Å². The summed E-state index contributed by atoms with van der Waals surface area (Å²) < 4.78 is 32.7. The zero-order valence-corrected chi connectivity index (χ0v) is 13.9. The molecule has 0 radical (unpaired) electrons. The fourth-order valence-electron chi connectivity index (χ4n) is 2.15. The smallest absolute Gasteiger partial charge is 0.240 e. The van der Waals surface area contributed by atoms with Crippen LogP contribution in [0, 0.1) is 0 Å². The van der Waals surface area contributed by atoms with Gasteiger partial charge in [0.2, 0.25) is 10.0 Å². The number of unbranched alkanes of at least 4 members (excludes halogenated alkanes) is 1. The first-order valence-electron chi connectivity index (χ1n) is 7.73. The molecule has 0 atom stereocenters. The Morgan fingerprint density at radius 3 is 2.45 bits per heavy atom. The maximum atomic E-state index is 12.2. The molecular weight excluding hydrogens is 298 g/mol. The van der Waals surface area contributed by atoms with Crippen LogP contribution in [0.15, 0.2) is 41.3 Å². The minimum atomic E-state index is -3.43. The van der Waals surface area contributed by atoms with Crippen LogP contribution in [0.4, 0.5) is 0 Å². The summed E-state index contributed by atoms with van der Waals surface area (Å²) in [6, 6.07) is 10.9. The third-order valence-corrected chi connectivity index (χ3v) is 4.85. The summed E-state index contributed by atoms with van der Waals surface area (Å²) in [6.07, 6.45) is 2.75. The lowest BCUT2D eigenvalue weighted by Crippen LogP contribution is -2.24. The van der Waals surface area contributed by atoms with Gasteiger partial charge in [-0.3, -0.25) is 0 Å². The number of hydrogen-bond acceptors (Lipinski definition) is 3. The van der Waals surface area contributed by atoms with Gasteiger partial charge in [-0.2, -0.15) is 0 Å². The summed E-state index contributed by atoms with van der Waals surface area (Å²) in [5.74, 6) is 0.811. The Bertz CT molecular complexity index is 726. The van der Waals surface area contributed by atoms with Crippen LogP contribution in [0.3, 0.4) is 0 Å². The van der Waals surface area contributed by atoms with E-state index in [2.05, 4.69) is 11.6 Å². The second-order valence-electron chi connectivity index (χ2n) is 5.27. The topological polar surface area (TPSA) is 55.4 Å². The van der Waals surface area contributed by atoms with Crippen LogP contribution in [0.5, 0.6) is 5.75 Å². The van der Waals surface area contributed by atoms with Gasteiger partial charge < -0.3 is 4.74 Å². The molecule has 1 N–H and O–H groups in total. The van der Waals surface area contributed by atoms with Crippen molar-refractivity contribution in [1.29, 1.82) is 0 Å². The summed E-state index contributed by atoms with van der Waals surface area (Å²) in [6.45, 7) is 5.24. The fourth-order valence-corrected chi connectivity index (χ4v) is 3.25. The summed E-state index contributed by atoms with van der Waals surface area (Å²) in [7, 11) is -3.43. The van der Waals surface area contributed by atoms with Crippen LogP contribution in [0.1, 0.15) is 33.1 Å². The van der Waals surface area contributed by atoms with E-state index in [1.54, 1.807) is 12.1 Å². The van der Waals surface area contributed by atoms with Gasteiger partial charge in [-0.25, -0.2) is 13.1 Å². The van der Waals surface area contributed by atoms with Gasteiger partial charge in [0.15, 0.2) is 0 Å². The molecule has 2 aromatic rings. The van der Waals surface area contributed by atoms with Gasteiger partial charge >= 0.3 is 0 Å². The molecule has 22 heavy (non-hydrogen) atoms. The average molecular weight is 321 g/mol. The van der Waals surface area contributed by atoms with Crippen molar-refractivity contribution in [3.05, 3.63) is 36.4 Å². The number of rotatable bonds is 8. The number of ether oxygens (including phenoxy) is 1. The van der Waals surface area contributed by atoms with E-state index in [0.717, 1.165) is 35.8 Å². The van der Waals surface area contributed by atoms with E-state index in [1.807, 2.05) is 31.2 Å². The predicted molar refractivity (Wildman–Crippen MR) is 89.8 cm³/mol. The minimum absolute atomic E-state index is 0.304. The van der Waals surface area contributed by atoms with E-state index in [9.17, 15) is 8.42 Å². The number of sulfonamides is 1. The zero-order valence-electron chi connectivity index (χ0n) is 13.1. The molecule has 0 aliphatic heterocycles. The largest absolute Gasteiger partial charge is 0.494 e. The zero-order chi connectivity index (χ0) is 16.0. The Morgan fingerprint density at radius 2 is 1.73 bits per heavy atom. The number of hydrogen-bond donors (Lipinski definition) is 1. The Labute approximate surface area is 132 Å². The van der Waals surface area contributed by atoms with E-state index >= 15 is 0 Å². The van der Waals surface area contributed by atoms with Gasteiger partial charge in [-0.15, -0.1) is 0 Å². The van der Waals surface area contributed by atoms with Crippen molar-refractivity contribution in [3.63, 3.8) is 0 Å². The lowest BCUT2D eigenvalue weighted by atomic mass is 10.1. The lowest BCUT2D eigenvalue weighted by Gasteiger charge is -2.09. The molecule has 0 fully saturated rings. The van der Waals surface area contributed by atoms with Gasteiger partial charge in [0.1, 0.15) is 5.75 Å². The summed E-state index contributed by atoms with van der Waals surface area (Å²) >= 11 is 0. The van der Waals surface area contributed by atoms with Crippen LogP contribution in [-0.2, 0) is 10.0 Å². The van der Waals surface area contributed by atoms with Crippen molar-refractivity contribution in [1.82, 2.24) is 4.72 Å². The molecular formula is C17H23NO3S. The Kier molecular flexibility index (Phi) is 5.80. The molecule has 0 bridgehead atoms. The molecule has 0 aromatic heterocycles. The molecule has 2 rings (SSSR count). The minimum Gasteiger partial charge on any atom is -0.494 e. The highest BCUT2D eigenvalue weighted by Crippen LogP contribution is 2.24. The molecule has 0 aliphatic carbocycles. The SMILES string of the molecule is CCCCNS(=O)(=O)c1ccc2cc(OCCC)ccc2c1. The third-order valence-electron chi connectivity index (χ3n) is 3.39. The lowest BCUT2D eigenvalue weighted by molar-refractivity contribution is 0.318. The van der Waals surface area contributed by atoms with E-state index in [4.69, 9.17) is 4.74 Å². The van der Waals surface area contributed by atoms with E-state index in [1.165, 1.54) is 0 Å². The predicted octanol–water partition coefficient (Wildman–Crippen LogP) is 3.71. The summed E-state index contributed by atoms with van der Waals surface area (Å²) in [4.78, 5) is 0.304. The van der Waals surface area contributed by atoms with E-state index in [0.29, 0.717) is 18.0 Å². The highest BCUT2D eigenvalue weighted by atomic mass is 32.2. The van der Waals surface area contributed by atoms with Crippen molar-refractivity contribution in [3.8, 4) is 5.75 Å². The summed E-state index contributed by atoms with van der Waals surface area (Å²) in [5, 5.41) is 1.86. The molecule has 0 amide bonds. The Hall–Kier alpha value is -1.59. The molecule has 4 nitrogen and oxygen atoms in total. The van der Waals surface area contributed by atoms with E-state index in [-0.39, 0.29) is 0 Å². The third kappa shape index (κ3) is 4.21. The van der Waals surface area contributed by atoms with Crippen LogP contribution < -0.4 is 9.46 Å². The van der Waals surface area contributed by atoms with Crippen molar-refractivity contribution in [2.75, 3.05) is 13.2 Å². The van der Waals surface area contributed by atoms with Crippen LogP contribution in [0.2, 0.25) is 0 Å². The maximum absolute atomic E-state index is 12.2. The second-order valence-corrected chi connectivity index (χ2v) is 7.04. The molecule has 2 aromatic carbocycles. The molecule has 0 saturated heterocycles. The quantitative estimate of drug-likeness (QED) is 0.754.